The second kappa shape index (κ2) is 7.66. The largest absolute Gasteiger partial charge is 0.508 e. The lowest BCUT2D eigenvalue weighted by Gasteiger charge is -2.09. The fraction of sp³-hybridized carbons (Fsp3) is 0.0556. The fourth-order valence-corrected chi connectivity index (χ4v) is 1.99. The molecule has 0 saturated heterocycles. The average molecular weight is 339 g/mol. The van der Waals surface area contributed by atoms with E-state index in [1.54, 1.807) is 24.3 Å². The molecule has 0 heterocycles. The zero-order valence-corrected chi connectivity index (χ0v) is 12.8. The smallest absolute Gasteiger partial charge is 0.371 e. The van der Waals surface area contributed by atoms with Gasteiger partial charge in [-0.2, -0.15) is 5.26 Å². The Labute approximate surface area is 142 Å². The highest BCUT2D eigenvalue weighted by molar-refractivity contribution is 6.08. The van der Waals surface area contributed by atoms with Crippen molar-refractivity contribution in [2.45, 2.75) is 6.61 Å². The quantitative estimate of drug-likeness (QED) is 0.419. The first-order valence-corrected chi connectivity index (χ1v) is 7.04. The van der Waals surface area contributed by atoms with Crippen molar-refractivity contribution in [1.82, 2.24) is 0 Å². The second-order valence-electron chi connectivity index (χ2n) is 4.97. The molecule has 0 radical (unpaired) electrons. The molecule has 7 nitrogen and oxygen atoms in total. The minimum Gasteiger partial charge on any atom is -0.508 e. The summed E-state index contributed by atoms with van der Waals surface area (Å²) in [6.45, 7) is 0.0387. The lowest BCUT2D eigenvalue weighted by molar-refractivity contribution is -0.135. The van der Waals surface area contributed by atoms with Crippen molar-refractivity contribution in [3.05, 3.63) is 71.0 Å². The van der Waals surface area contributed by atoms with E-state index in [0.717, 1.165) is 6.07 Å². The predicted molar refractivity (Wildman–Crippen MR) is 86.3 cm³/mol. The maximum atomic E-state index is 11.9. The monoisotopic (exact) mass is 339 g/mol. The number of hydrogen-bond acceptors (Lipinski definition) is 6. The summed E-state index contributed by atoms with van der Waals surface area (Å²) < 4.78 is 5.50. The number of benzene rings is 2. The molecule has 7 heteroatoms. The maximum Gasteiger partial charge on any atom is 0.371 e. The number of aliphatic hydroxyl groups is 1. The van der Waals surface area contributed by atoms with Crippen molar-refractivity contribution < 1.29 is 29.6 Å². The van der Waals surface area contributed by atoms with Gasteiger partial charge in [0.1, 0.15) is 18.1 Å². The maximum absolute atomic E-state index is 11.9. The Balaban J connectivity index is 2.22. The number of aliphatic hydroxyl groups excluding tert-OH is 1. The SMILES string of the molecule is N#Cc1ccccc1COc1cc(O)cc(C(=O)C=C(O)C(=O)O)c1. The van der Waals surface area contributed by atoms with Crippen LogP contribution in [0.5, 0.6) is 11.5 Å². The van der Waals surface area contributed by atoms with Gasteiger partial charge in [0.05, 0.1) is 11.6 Å². The van der Waals surface area contributed by atoms with E-state index in [-0.39, 0.29) is 23.7 Å². The molecule has 0 aliphatic heterocycles. The second-order valence-corrected chi connectivity index (χ2v) is 4.97. The molecular formula is C18H13NO6. The lowest BCUT2D eigenvalue weighted by atomic mass is 10.1. The van der Waals surface area contributed by atoms with Gasteiger partial charge in [-0.05, 0) is 18.2 Å². The number of hydrogen-bond donors (Lipinski definition) is 3. The summed E-state index contributed by atoms with van der Waals surface area (Å²) in [5, 5.41) is 36.4. The van der Waals surface area contributed by atoms with Crippen LogP contribution < -0.4 is 4.74 Å². The van der Waals surface area contributed by atoms with Crippen molar-refractivity contribution in [2.75, 3.05) is 0 Å². The van der Waals surface area contributed by atoms with Gasteiger partial charge in [-0.15, -0.1) is 0 Å². The first kappa shape index (κ1) is 17.6. The summed E-state index contributed by atoms with van der Waals surface area (Å²) >= 11 is 0. The van der Waals surface area contributed by atoms with Crippen LogP contribution in [0.15, 0.2) is 54.3 Å². The number of carboxylic acid groups (broad SMARTS) is 1. The number of aromatic hydroxyl groups is 1. The van der Waals surface area contributed by atoms with Gasteiger partial charge in [-0.25, -0.2) is 4.79 Å². The number of carbonyl (C=O) groups is 2. The number of rotatable bonds is 6. The molecule has 0 bridgehead atoms. The van der Waals surface area contributed by atoms with Crippen LogP contribution in [-0.4, -0.2) is 27.1 Å². The standard InChI is InChI=1S/C18H13NO6/c19-9-11-3-1-2-4-12(11)10-25-15-6-13(5-14(20)7-15)16(21)8-17(22)18(23)24/h1-8,20,22H,10H2,(H,23,24). The number of nitriles is 1. The zero-order valence-electron chi connectivity index (χ0n) is 12.8. The Kier molecular flexibility index (Phi) is 5.38. The number of nitrogens with zero attached hydrogens (tertiary/aromatic N) is 1. The molecule has 0 aliphatic rings. The van der Waals surface area contributed by atoms with E-state index in [2.05, 4.69) is 0 Å². The predicted octanol–water partition coefficient (Wildman–Crippen LogP) is 2.55. The van der Waals surface area contributed by atoms with Crippen LogP contribution in [0, 0.1) is 11.3 Å². The van der Waals surface area contributed by atoms with Crippen molar-refractivity contribution in [2.24, 2.45) is 0 Å². The molecule has 126 valence electrons. The van der Waals surface area contributed by atoms with Crippen LogP contribution in [0.3, 0.4) is 0 Å². The molecule has 0 atom stereocenters. The van der Waals surface area contributed by atoms with Crippen molar-refractivity contribution >= 4 is 11.8 Å². The van der Waals surface area contributed by atoms with Crippen molar-refractivity contribution in [1.29, 1.82) is 5.26 Å². The van der Waals surface area contributed by atoms with E-state index in [1.807, 2.05) is 6.07 Å². The molecule has 2 aromatic rings. The molecule has 3 N–H and O–H groups in total. The van der Waals surface area contributed by atoms with Gasteiger partial charge in [0.2, 0.25) is 5.76 Å². The summed E-state index contributed by atoms with van der Waals surface area (Å²) in [7, 11) is 0. The van der Waals surface area contributed by atoms with Gasteiger partial charge >= 0.3 is 5.97 Å². The van der Waals surface area contributed by atoms with Gasteiger partial charge in [-0.1, -0.05) is 18.2 Å². The van der Waals surface area contributed by atoms with Crippen LogP contribution in [0.25, 0.3) is 0 Å². The Morgan fingerprint density at radius 3 is 2.56 bits per heavy atom. The number of carboxylic acids is 1. The minimum atomic E-state index is -1.64. The van der Waals surface area contributed by atoms with E-state index in [4.69, 9.17) is 20.2 Å². The van der Waals surface area contributed by atoms with Gasteiger partial charge in [0.25, 0.3) is 0 Å². The molecule has 0 aromatic heterocycles. The zero-order chi connectivity index (χ0) is 18.4. The molecule has 0 fully saturated rings. The van der Waals surface area contributed by atoms with Crippen molar-refractivity contribution in [3.63, 3.8) is 0 Å². The number of ketones is 1. The minimum absolute atomic E-state index is 0.0387. The van der Waals surface area contributed by atoms with Crippen LogP contribution in [-0.2, 0) is 11.4 Å². The average Bonchev–Trinajstić information content (AvgIpc) is 2.59. The Hall–Kier alpha value is -3.79. The van der Waals surface area contributed by atoms with Gasteiger partial charge < -0.3 is 20.1 Å². The first-order valence-electron chi connectivity index (χ1n) is 7.04. The van der Waals surface area contributed by atoms with E-state index < -0.39 is 17.5 Å². The summed E-state index contributed by atoms with van der Waals surface area (Å²) in [6, 6.07) is 12.5. The summed E-state index contributed by atoms with van der Waals surface area (Å²) in [5.74, 6) is -3.67. The third kappa shape index (κ3) is 4.59. The molecule has 0 amide bonds. The Bertz CT molecular complexity index is 895. The highest BCUT2D eigenvalue weighted by atomic mass is 16.5. The van der Waals surface area contributed by atoms with Crippen LogP contribution in [0.1, 0.15) is 21.5 Å². The topological polar surface area (TPSA) is 128 Å². The van der Waals surface area contributed by atoms with Crippen molar-refractivity contribution in [3.8, 4) is 17.6 Å². The molecule has 25 heavy (non-hydrogen) atoms. The van der Waals surface area contributed by atoms with E-state index in [9.17, 15) is 14.7 Å². The molecule has 2 aromatic carbocycles. The molecule has 2 rings (SSSR count). The van der Waals surface area contributed by atoms with Gasteiger partial charge in [0.15, 0.2) is 5.78 Å². The first-order chi connectivity index (χ1) is 11.9. The van der Waals surface area contributed by atoms with Gasteiger partial charge in [-0.3, -0.25) is 4.79 Å². The summed E-state index contributed by atoms with van der Waals surface area (Å²) in [4.78, 5) is 22.5. The molecule has 0 saturated carbocycles. The molecular weight excluding hydrogens is 326 g/mol. The van der Waals surface area contributed by atoms with Crippen LogP contribution in [0.4, 0.5) is 0 Å². The van der Waals surface area contributed by atoms with Crippen LogP contribution in [0.2, 0.25) is 0 Å². The lowest BCUT2D eigenvalue weighted by Crippen LogP contribution is -2.04. The Morgan fingerprint density at radius 1 is 1.16 bits per heavy atom. The normalized spacial score (nSPS) is 10.8. The fourth-order valence-electron chi connectivity index (χ4n) is 1.99. The summed E-state index contributed by atoms with van der Waals surface area (Å²) in [5.41, 5.74) is 1.01. The third-order valence-electron chi connectivity index (χ3n) is 3.19. The summed E-state index contributed by atoms with van der Waals surface area (Å²) in [6.07, 6.45) is 0.534. The third-order valence-corrected chi connectivity index (χ3v) is 3.19. The molecule has 0 spiro atoms. The highest BCUT2D eigenvalue weighted by Gasteiger charge is 2.12. The number of phenolic OH excluding ortho intramolecular Hbond substituents is 1. The number of carbonyl (C=O) groups excluding carboxylic acids is 1. The van der Waals surface area contributed by atoms with Crippen LogP contribution >= 0.6 is 0 Å². The van der Waals surface area contributed by atoms with E-state index in [1.165, 1.54) is 12.1 Å². The Morgan fingerprint density at radius 2 is 1.88 bits per heavy atom. The highest BCUT2D eigenvalue weighted by Crippen LogP contribution is 2.24. The number of allylic oxidation sites excluding steroid dienone is 1. The number of aliphatic carboxylic acids is 1. The van der Waals surface area contributed by atoms with E-state index >= 15 is 0 Å². The molecule has 0 unspecified atom stereocenters. The van der Waals surface area contributed by atoms with E-state index in [0.29, 0.717) is 17.2 Å². The number of ether oxygens (including phenoxy) is 1. The van der Waals surface area contributed by atoms with Gasteiger partial charge in [0, 0.05) is 23.3 Å². The molecule has 0 aliphatic carbocycles. The number of phenols is 1.